The van der Waals surface area contributed by atoms with Crippen molar-refractivity contribution in [1.29, 1.82) is 0 Å². The van der Waals surface area contributed by atoms with E-state index in [4.69, 9.17) is 14.2 Å². The fraction of sp³-hybridized carbons (Fsp3) is 0.524. The molecule has 0 unspecified atom stereocenters. The summed E-state index contributed by atoms with van der Waals surface area (Å²) >= 11 is 0. The van der Waals surface area contributed by atoms with Gasteiger partial charge < -0.3 is 19.1 Å². The number of methoxy groups -OCH3 is 1. The van der Waals surface area contributed by atoms with Gasteiger partial charge in [0.2, 0.25) is 5.88 Å². The molecule has 2 aromatic rings. The van der Waals surface area contributed by atoms with Gasteiger partial charge in [-0.05, 0) is 50.9 Å². The molecule has 6 nitrogen and oxygen atoms in total. The van der Waals surface area contributed by atoms with E-state index in [2.05, 4.69) is 14.9 Å². The van der Waals surface area contributed by atoms with Gasteiger partial charge in [0, 0.05) is 43.6 Å². The molecular weight excluding hydrogens is 342 g/mol. The van der Waals surface area contributed by atoms with Gasteiger partial charge in [-0.1, -0.05) is 6.07 Å². The van der Waals surface area contributed by atoms with Crippen LogP contribution < -0.4 is 9.47 Å². The molecular formula is C21H27N3O3. The Hall–Kier alpha value is -2.18. The minimum absolute atomic E-state index is 0.385. The first-order chi connectivity index (χ1) is 13.3. The number of rotatable bonds is 5. The smallest absolute Gasteiger partial charge is 0.241 e. The van der Waals surface area contributed by atoms with Crippen molar-refractivity contribution in [2.24, 2.45) is 0 Å². The van der Waals surface area contributed by atoms with E-state index in [1.807, 2.05) is 24.3 Å². The van der Waals surface area contributed by atoms with Crippen molar-refractivity contribution in [3.8, 4) is 17.4 Å². The topological polar surface area (TPSA) is 56.7 Å². The third-order valence-corrected chi connectivity index (χ3v) is 5.57. The van der Waals surface area contributed by atoms with Crippen LogP contribution in [0.15, 0.2) is 36.7 Å². The van der Waals surface area contributed by atoms with Gasteiger partial charge in [0.15, 0.2) is 0 Å². The first-order valence-corrected chi connectivity index (χ1v) is 9.78. The average Bonchev–Trinajstić information content (AvgIpc) is 2.75. The number of nitrogens with zero attached hydrogens (tertiary/aromatic N) is 3. The molecule has 0 amide bonds. The van der Waals surface area contributed by atoms with Crippen LogP contribution in [0.1, 0.15) is 37.3 Å². The Morgan fingerprint density at radius 3 is 2.52 bits per heavy atom. The van der Waals surface area contributed by atoms with E-state index in [0.29, 0.717) is 17.8 Å². The van der Waals surface area contributed by atoms with Gasteiger partial charge in [-0.25, -0.2) is 4.98 Å². The maximum Gasteiger partial charge on any atom is 0.241 e. The van der Waals surface area contributed by atoms with Gasteiger partial charge in [-0.15, -0.1) is 0 Å². The second-order valence-corrected chi connectivity index (χ2v) is 7.18. The van der Waals surface area contributed by atoms with Gasteiger partial charge in [0.1, 0.15) is 17.2 Å². The van der Waals surface area contributed by atoms with Gasteiger partial charge in [0.05, 0.1) is 7.11 Å². The predicted molar refractivity (Wildman–Crippen MR) is 102 cm³/mol. The number of hydrogen-bond donors (Lipinski definition) is 0. The predicted octanol–water partition coefficient (Wildman–Crippen LogP) is 3.64. The number of likely N-dealkylation sites (tertiary alicyclic amines) is 1. The Morgan fingerprint density at radius 2 is 1.74 bits per heavy atom. The molecule has 2 saturated heterocycles. The van der Waals surface area contributed by atoms with Crippen LogP contribution in [0.5, 0.6) is 17.4 Å². The first-order valence-electron chi connectivity index (χ1n) is 9.78. The molecule has 6 heteroatoms. The summed E-state index contributed by atoms with van der Waals surface area (Å²) in [5.41, 5.74) is 0.965. The number of benzene rings is 1. The van der Waals surface area contributed by atoms with Crippen LogP contribution in [0.25, 0.3) is 0 Å². The molecule has 3 heterocycles. The molecule has 27 heavy (non-hydrogen) atoms. The second-order valence-electron chi connectivity index (χ2n) is 7.18. The van der Waals surface area contributed by atoms with Crippen molar-refractivity contribution in [3.63, 3.8) is 0 Å². The molecule has 2 fully saturated rings. The van der Waals surface area contributed by atoms with E-state index in [-0.39, 0.29) is 0 Å². The van der Waals surface area contributed by atoms with E-state index in [0.717, 1.165) is 69.2 Å². The number of piperidine rings is 1. The lowest BCUT2D eigenvalue weighted by Gasteiger charge is -2.39. The van der Waals surface area contributed by atoms with Crippen molar-refractivity contribution >= 4 is 0 Å². The van der Waals surface area contributed by atoms with Crippen molar-refractivity contribution in [2.45, 2.75) is 37.6 Å². The number of aromatic nitrogens is 2. The maximum absolute atomic E-state index is 6.06. The molecule has 144 valence electrons. The molecule has 4 rings (SSSR count). The summed E-state index contributed by atoms with van der Waals surface area (Å²) in [4.78, 5) is 11.7. The molecule has 0 atom stereocenters. The molecule has 0 saturated carbocycles. The van der Waals surface area contributed by atoms with Crippen molar-refractivity contribution in [1.82, 2.24) is 14.9 Å². The minimum Gasteiger partial charge on any atom is -0.497 e. The zero-order valence-corrected chi connectivity index (χ0v) is 15.8. The lowest BCUT2D eigenvalue weighted by Crippen LogP contribution is -2.43. The Bertz CT molecular complexity index is 741. The maximum atomic E-state index is 6.06. The minimum atomic E-state index is 0.385. The lowest BCUT2D eigenvalue weighted by atomic mass is 9.91. The van der Waals surface area contributed by atoms with E-state index in [9.17, 15) is 0 Å². The summed E-state index contributed by atoms with van der Waals surface area (Å²) in [6, 6.07) is 8.27. The molecule has 2 aliphatic heterocycles. The largest absolute Gasteiger partial charge is 0.497 e. The summed E-state index contributed by atoms with van der Waals surface area (Å²) in [5.74, 6) is 2.48. The highest BCUT2D eigenvalue weighted by Gasteiger charge is 2.29. The molecule has 1 aromatic carbocycles. The zero-order valence-electron chi connectivity index (χ0n) is 15.8. The SMILES string of the molecule is COc1cccc(Oc2nccnc2C2CCN(C3CCOCC3)CC2)c1. The normalized spacial score (nSPS) is 19.7. The van der Waals surface area contributed by atoms with E-state index < -0.39 is 0 Å². The summed E-state index contributed by atoms with van der Waals surface area (Å²) < 4.78 is 16.8. The van der Waals surface area contributed by atoms with Gasteiger partial charge in [-0.2, -0.15) is 0 Å². The van der Waals surface area contributed by atoms with Crippen LogP contribution in [-0.2, 0) is 4.74 Å². The summed E-state index contributed by atoms with van der Waals surface area (Å²) in [5, 5.41) is 0. The summed E-state index contributed by atoms with van der Waals surface area (Å²) in [6.45, 7) is 4.00. The highest BCUT2D eigenvalue weighted by Crippen LogP contribution is 2.35. The standard InChI is InChI=1S/C21H27N3O3/c1-25-18-3-2-4-19(15-18)27-21-20(22-9-10-23-21)16-5-11-24(12-6-16)17-7-13-26-14-8-17/h2-4,9-10,15-17H,5-8,11-14H2,1H3. The fourth-order valence-electron chi connectivity index (χ4n) is 4.06. The van der Waals surface area contributed by atoms with Crippen LogP contribution in [0.2, 0.25) is 0 Å². The molecule has 0 bridgehead atoms. The highest BCUT2D eigenvalue weighted by molar-refractivity contribution is 5.36. The third-order valence-electron chi connectivity index (χ3n) is 5.57. The van der Waals surface area contributed by atoms with Gasteiger partial charge in [0.25, 0.3) is 0 Å². The summed E-state index contributed by atoms with van der Waals surface area (Å²) in [7, 11) is 1.65. The molecule has 0 spiro atoms. The molecule has 0 aliphatic carbocycles. The van der Waals surface area contributed by atoms with E-state index in [1.54, 1.807) is 19.5 Å². The van der Waals surface area contributed by atoms with Crippen molar-refractivity contribution < 1.29 is 14.2 Å². The lowest BCUT2D eigenvalue weighted by molar-refractivity contribution is 0.0249. The van der Waals surface area contributed by atoms with Crippen molar-refractivity contribution in [3.05, 3.63) is 42.4 Å². The molecule has 1 aromatic heterocycles. The Morgan fingerprint density at radius 1 is 1.00 bits per heavy atom. The Labute approximate surface area is 160 Å². The van der Waals surface area contributed by atoms with Crippen LogP contribution in [0.3, 0.4) is 0 Å². The fourth-order valence-corrected chi connectivity index (χ4v) is 4.06. The molecule has 0 N–H and O–H groups in total. The van der Waals surface area contributed by atoms with Crippen LogP contribution in [0, 0.1) is 0 Å². The number of hydrogen-bond acceptors (Lipinski definition) is 6. The van der Waals surface area contributed by atoms with E-state index in [1.165, 1.54) is 0 Å². The Balaban J connectivity index is 1.43. The van der Waals surface area contributed by atoms with Crippen LogP contribution in [0.4, 0.5) is 0 Å². The van der Waals surface area contributed by atoms with Gasteiger partial charge >= 0.3 is 0 Å². The summed E-state index contributed by atoms with van der Waals surface area (Å²) in [6.07, 6.45) is 7.93. The zero-order chi connectivity index (χ0) is 18.5. The molecule has 2 aliphatic rings. The van der Waals surface area contributed by atoms with Crippen LogP contribution >= 0.6 is 0 Å². The third kappa shape index (κ3) is 4.39. The average molecular weight is 369 g/mol. The quantitative estimate of drug-likeness (QED) is 0.802. The highest BCUT2D eigenvalue weighted by atomic mass is 16.5. The molecule has 0 radical (unpaired) electrons. The van der Waals surface area contributed by atoms with E-state index >= 15 is 0 Å². The second kappa shape index (κ2) is 8.67. The first kappa shape index (κ1) is 18.2. The van der Waals surface area contributed by atoms with Crippen LogP contribution in [-0.4, -0.2) is 54.3 Å². The van der Waals surface area contributed by atoms with Crippen molar-refractivity contribution in [2.75, 3.05) is 33.4 Å². The Kier molecular flexibility index (Phi) is 5.84. The number of ether oxygens (including phenoxy) is 3. The monoisotopic (exact) mass is 369 g/mol. The van der Waals surface area contributed by atoms with Gasteiger partial charge in [-0.3, -0.25) is 4.98 Å².